The van der Waals surface area contributed by atoms with Crippen LogP contribution in [0.25, 0.3) is 21.1 Å². The maximum Gasteiger partial charge on any atom is 0.341 e. The molecule has 0 aliphatic rings. The Labute approximate surface area is 233 Å². The van der Waals surface area contributed by atoms with Crippen molar-refractivity contribution in [2.24, 2.45) is 5.10 Å². The molecule has 0 saturated carbocycles. The second-order valence-electron chi connectivity index (χ2n) is 11.1. The molecule has 39 heavy (non-hydrogen) atoms. The number of rotatable bonds is 7. The molecule has 0 fully saturated rings. The Morgan fingerprint density at radius 3 is 2.54 bits per heavy atom. The number of nitrogens with zero attached hydrogens (tertiary/aromatic N) is 4. The van der Waals surface area contributed by atoms with Gasteiger partial charge in [-0.25, -0.2) is 15.2 Å². The predicted molar refractivity (Wildman–Crippen MR) is 163 cm³/mol. The van der Waals surface area contributed by atoms with Gasteiger partial charge in [0.05, 0.1) is 16.4 Å². The summed E-state index contributed by atoms with van der Waals surface area (Å²) in [5.41, 5.74) is 9.38. The number of aromatic nitrogens is 2. The zero-order valence-corrected chi connectivity index (χ0v) is 23.8. The maximum atomic E-state index is 12.5. The summed E-state index contributed by atoms with van der Waals surface area (Å²) < 4.78 is 3.25. The van der Waals surface area contributed by atoms with Gasteiger partial charge in [-0.2, -0.15) is 5.10 Å². The molecular weight excluding hydrogens is 504 g/mol. The molecule has 0 aliphatic carbocycles. The second-order valence-corrected chi connectivity index (χ2v) is 12.1. The largest absolute Gasteiger partial charge is 0.342 e. The predicted octanol–water partition coefficient (Wildman–Crippen LogP) is 6.81. The quantitative estimate of drug-likeness (QED) is 0.176. The molecule has 200 valence electrons. The SMILES string of the molecule is CN(C)Cc1ccc2nc(NC(=O)N/N=C/c3cn(Cc4ccc(C(C)(C)C)cc4)c4ccccc34)sc2c1. The Balaban J connectivity index is 1.26. The number of hydrazone groups is 1. The number of nitrogens with one attached hydrogen (secondary N) is 2. The van der Waals surface area contributed by atoms with E-state index in [0.717, 1.165) is 39.8 Å². The molecule has 0 spiro atoms. The Kier molecular flexibility index (Phi) is 7.50. The number of hydrogen-bond acceptors (Lipinski definition) is 5. The van der Waals surface area contributed by atoms with E-state index in [-0.39, 0.29) is 5.41 Å². The van der Waals surface area contributed by atoms with Gasteiger partial charge in [0.2, 0.25) is 0 Å². The molecule has 3 aromatic carbocycles. The molecule has 0 aliphatic heterocycles. The Morgan fingerprint density at radius 1 is 1.05 bits per heavy atom. The van der Waals surface area contributed by atoms with Gasteiger partial charge in [0.1, 0.15) is 0 Å². The van der Waals surface area contributed by atoms with Crippen molar-refractivity contribution in [1.82, 2.24) is 19.9 Å². The summed E-state index contributed by atoms with van der Waals surface area (Å²) in [7, 11) is 4.08. The standard InChI is InChI=1S/C31H34N6OS/c1-31(2,3)24-13-10-21(11-14-24)19-37-20-23(25-8-6-7-9-27(25)37)17-32-35-29(38)34-30-33-26-15-12-22(18-36(4)5)16-28(26)39-30/h6-17,20H,18-19H2,1-5H3,(H2,33,34,35,38)/b32-17+. The van der Waals surface area contributed by atoms with Crippen LogP contribution in [0, 0.1) is 0 Å². The summed E-state index contributed by atoms with van der Waals surface area (Å²) in [4.78, 5) is 19.2. The maximum absolute atomic E-state index is 12.5. The van der Waals surface area contributed by atoms with Crippen LogP contribution in [0.3, 0.4) is 0 Å². The van der Waals surface area contributed by atoms with Crippen LogP contribution < -0.4 is 10.7 Å². The van der Waals surface area contributed by atoms with Crippen LogP contribution in [0.15, 0.2) is 78.0 Å². The fourth-order valence-electron chi connectivity index (χ4n) is 4.59. The highest BCUT2D eigenvalue weighted by atomic mass is 32.1. The van der Waals surface area contributed by atoms with Gasteiger partial charge in [0.15, 0.2) is 5.13 Å². The highest BCUT2D eigenvalue weighted by Gasteiger charge is 2.14. The van der Waals surface area contributed by atoms with Crippen LogP contribution in [-0.2, 0) is 18.5 Å². The summed E-state index contributed by atoms with van der Waals surface area (Å²) in [6.07, 6.45) is 3.76. The lowest BCUT2D eigenvalue weighted by Crippen LogP contribution is -2.24. The number of carbonyl (C=O) groups is 1. The smallest absolute Gasteiger partial charge is 0.341 e. The van der Waals surface area contributed by atoms with Crippen molar-refractivity contribution in [2.75, 3.05) is 19.4 Å². The van der Waals surface area contributed by atoms with E-state index in [1.165, 1.54) is 28.0 Å². The summed E-state index contributed by atoms with van der Waals surface area (Å²) >= 11 is 1.45. The molecule has 0 unspecified atom stereocenters. The Hall–Kier alpha value is -4.01. The van der Waals surface area contributed by atoms with Crippen molar-refractivity contribution < 1.29 is 4.79 Å². The Bertz CT molecular complexity index is 1640. The van der Waals surface area contributed by atoms with Crippen molar-refractivity contribution in [3.63, 3.8) is 0 Å². The molecule has 2 N–H and O–H groups in total. The molecule has 8 heteroatoms. The van der Waals surface area contributed by atoms with E-state index in [2.05, 4.69) is 106 Å². The zero-order chi connectivity index (χ0) is 27.6. The fraction of sp³-hybridized carbons (Fsp3) is 0.258. The van der Waals surface area contributed by atoms with Crippen LogP contribution >= 0.6 is 11.3 Å². The number of amides is 2. The van der Waals surface area contributed by atoms with E-state index < -0.39 is 6.03 Å². The zero-order valence-electron chi connectivity index (χ0n) is 23.0. The summed E-state index contributed by atoms with van der Waals surface area (Å²) in [5.74, 6) is 0. The lowest BCUT2D eigenvalue weighted by Gasteiger charge is -2.19. The summed E-state index contributed by atoms with van der Waals surface area (Å²) in [5, 5.41) is 8.63. The van der Waals surface area contributed by atoms with Crippen LogP contribution in [-0.4, -0.2) is 40.8 Å². The highest BCUT2D eigenvalue weighted by molar-refractivity contribution is 7.22. The molecule has 0 saturated heterocycles. The lowest BCUT2D eigenvalue weighted by atomic mass is 9.87. The molecule has 0 bridgehead atoms. The van der Waals surface area contributed by atoms with Gasteiger partial charge in [0.25, 0.3) is 0 Å². The average Bonchev–Trinajstić information content (AvgIpc) is 3.44. The first kappa shape index (κ1) is 26.6. The van der Waals surface area contributed by atoms with Crippen LogP contribution in [0.4, 0.5) is 9.93 Å². The number of fused-ring (bicyclic) bond motifs is 2. The number of anilines is 1. The monoisotopic (exact) mass is 538 g/mol. The normalized spacial score (nSPS) is 12.2. The second kappa shape index (κ2) is 11.0. The average molecular weight is 539 g/mol. The lowest BCUT2D eigenvalue weighted by molar-refractivity contribution is 0.252. The molecular formula is C31H34N6OS. The van der Waals surface area contributed by atoms with Crippen molar-refractivity contribution in [3.8, 4) is 0 Å². The molecule has 2 heterocycles. The minimum atomic E-state index is -0.429. The first-order valence-electron chi connectivity index (χ1n) is 13.0. The number of benzene rings is 3. The minimum absolute atomic E-state index is 0.129. The molecule has 0 atom stereocenters. The van der Waals surface area contributed by atoms with E-state index in [1.807, 2.05) is 32.3 Å². The topological polar surface area (TPSA) is 74.6 Å². The fourth-order valence-corrected chi connectivity index (χ4v) is 5.51. The van der Waals surface area contributed by atoms with E-state index in [0.29, 0.717) is 5.13 Å². The molecule has 2 amide bonds. The van der Waals surface area contributed by atoms with Crippen molar-refractivity contribution in [1.29, 1.82) is 0 Å². The third-order valence-corrected chi connectivity index (χ3v) is 7.47. The van der Waals surface area contributed by atoms with E-state index >= 15 is 0 Å². The van der Waals surface area contributed by atoms with E-state index in [1.54, 1.807) is 6.21 Å². The van der Waals surface area contributed by atoms with Crippen molar-refractivity contribution in [3.05, 3.63) is 95.2 Å². The van der Waals surface area contributed by atoms with Crippen LogP contribution in [0.2, 0.25) is 0 Å². The van der Waals surface area contributed by atoms with Gasteiger partial charge in [-0.1, -0.05) is 80.6 Å². The summed E-state index contributed by atoms with van der Waals surface area (Å²) in [6.45, 7) is 8.28. The van der Waals surface area contributed by atoms with Gasteiger partial charge in [-0.3, -0.25) is 5.32 Å². The molecule has 2 aromatic heterocycles. The number of carbonyl (C=O) groups excluding carboxylic acids is 1. The third-order valence-electron chi connectivity index (χ3n) is 6.53. The number of urea groups is 1. The van der Waals surface area contributed by atoms with Crippen molar-refractivity contribution in [2.45, 2.75) is 39.3 Å². The van der Waals surface area contributed by atoms with Crippen molar-refractivity contribution >= 4 is 49.8 Å². The summed E-state index contributed by atoms with van der Waals surface area (Å²) in [6, 6.07) is 22.8. The van der Waals surface area contributed by atoms with Gasteiger partial charge in [0, 0.05) is 35.8 Å². The number of thiazole rings is 1. The van der Waals surface area contributed by atoms with Gasteiger partial charge in [-0.15, -0.1) is 0 Å². The molecule has 0 radical (unpaired) electrons. The van der Waals surface area contributed by atoms with Gasteiger partial charge >= 0.3 is 6.03 Å². The molecule has 7 nitrogen and oxygen atoms in total. The first-order chi connectivity index (χ1) is 18.7. The van der Waals surface area contributed by atoms with E-state index in [4.69, 9.17) is 0 Å². The number of para-hydroxylation sites is 1. The highest BCUT2D eigenvalue weighted by Crippen LogP contribution is 2.27. The molecule has 5 rings (SSSR count). The van der Waals surface area contributed by atoms with Crippen LogP contribution in [0.1, 0.15) is 43.0 Å². The third kappa shape index (κ3) is 6.35. The van der Waals surface area contributed by atoms with Gasteiger partial charge in [-0.05, 0) is 54.4 Å². The van der Waals surface area contributed by atoms with E-state index in [9.17, 15) is 4.79 Å². The van der Waals surface area contributed by atoms with Crippen LogP contribution in [0.5, 0.6) is 0 Å². The first-order valence-corrected chi connectivity index (χ1v) is 13.8. The minimum Gasteiger partial charge on any atom is -0.342 e. The van der Waals surface area contributed by atoms with Gasteiger partial charge < -0.3 is 9.47 Å². The number of hydrogen-bond donors (Lipinski definition) is 2. The Morgan fingerprint density at radius 2 is 1.79 bits per heavy atom. The molecule has 5 aromatic rings.